The van der Waals surface area contributed by atoms with Crippen molar-refractivity contribution in [3.05, 3.63) is 11.3 Å². The lowest BCUT2D eigenvalue weighted by Gasteiger charge is -2.27. The molecular weight excluding hydrogens is 258 g/mol. The van der Waals surface area contributed by atoms with E-state index < -0.39 is 0 Å². The second-order valence-corrected chi connectivity index (χ2v) is 6.12. The standard InChI is InChI=1S/C13H21N5S/c1-14-12-10-2-4-15-5-3-11(10)16-13(17-12)18-6-8-19-9-7-18/h15H,2-9H2,1H3,(H,14,16,17). The van der Waals surface area contributed by atoms with Crippen LogP contribution in [0.5, 0.6) is 0 Å². The Morgan fingerprint density at radius 2 is 1.95 bits per heavy atom. The maximum Gasteiger partial charge on any atom is 0.227 e. The molecular formula is C13H21N5S. The van der Waals surface area contributed by atoms with Gasteiger partial charge >= 0.3 is 0 Å². The van der Waals surface area contributed by atoms with Gasteiger partial charge in [0.2, 0.25) is 5.95 Å². The van der Waals surface area contributed by atoms with E-state index in [1.54, 1.807) is 0 Å². The van der Waals surface area contributed by atoms with E-state index in [-0.39, 0.29) is 0 Å². The van der Waals surface area contributed by atoms with E-state index in [4.69, 9.17) is 9.97 Å². The molecule has 6 heteroatoms. The summed E-state index contributed by atoms with van der Waals surface area (Å²) < 4.78 is 0. The van der Waals surface area contributed by atoms with Crippen molar-refractivity contribution in [1.29, 1.82) is 0 Å². The smallest absolute Gasteiger partial charge is 0.227 e. The number of hydrogen-bond donors (Lipinski definition) is 2. The fourth-order valence-electron chi connectivity index (χ4n) is 2.64. The minimum absolute atomic E-state index is 0.908. The monoisotopic (exact) mass is 279 g/mol. The van der Waals surface area contributed by atoms with E-state index in [0.29, 0.717) is 0 Å². The van der Waals surface area contributed by atoms with Crippen molar-refractivity contribution in [1.82, 2.24) is 15.3 Å². The summed E-state index contributed by atoms with van der Waals surface area (Å²) in [6, 6.07) is 0. The van der Waals surface area contributed by atoms with Crippen molar-refractivity contribution < 1.29 is 0 Å². The minimum Gasteiger partial charge on any atom is -0.373 e. The number of aromatic nitrogens is 2. The fourth-order valence-corrected chi connectivity index (χ4v) is 3.55. The molecule has 0 atom stereocenters. The highest BCUT2D eigenvalue weighted by molar-refractivity contribution is 7.99. The van der Waals surface area contributed by atoms with Crippen molar-refractivity contribution in [3.8, 4) is 0 Å². The quantitative estimate of drug-likeness (QED) is 0.833. The Morgan fingerprint density at radius 1 is 1.16 bits per heavy atom. The SMILES string of the molecule is CNc1nc(N2CCSCC2)nc2c1CCNCC2. The lowest BCUT2D eigenvalue weighted by atomic mass is 10.1. The predicted molar refractivity (Wildman–Crippen MR) is 81.4 cm³/mol. The van der Waals surface area contributed by atoms with Crippen molar-refractivity contribution in [2.75, 3.05) is 54.9 Å². The van der Waals surface area contributed by atoms with Gasteiger partial charge in [0.05, 0.1) is 5.69 Å². The van der Waals surface area contributed by atoms with E-state index in [0.717, 1.165) is 50.8 Å². The van der Waals surface area contributed by atoms with Gasteiger partial charge in [0.1, 0.15) is 5.82 Å². The summed E-state index contributed by atoms with van der Waals surface area (Å²) in [6.07, 6.45) is 2.02. The van der Waals surface area contributed by atoms with Gasteiger partial charge in [0.25, 0.3) is 0 Å². The molecule has 3 heterocycles. The van der Waals surface area contributed by atoms with Gasteiger partial charge in [-0.15, -0.1) is 0 Å². The van der Waals surface area contributed by atoms with Crippen molar-refractivity contribution in [2.24, 2.45) is 0 Å². The Labute approximate surface area is 118 Å². The maximum atomic E-state index is 4.83. The van der Waals surface area contributed by atoms with Gasteiger partial charge in [-0.05, 0) is 13.0 Å². The molecule has 0 radical (unpaired) electrons. The Kier molecular flexibility index (Phi) is 4.08. The summed E-state index contributed by atoms with van der Waals surface area (Å²) in [4.78, 5) is 11.9. The average molecular weight is 279 g/mol. The first-order valence-electron chi connectivity index (χ1n) is 6.99. The molecule has 104 valence electrons. The summed E-state index contributed by atoms with van der Waals surface area (Å²) in [5.41, 5.74) is 2.51. The molecule has 1 fully saturated rings. The molecule has 2 aliphatic rings. The summed E-state index contributed by atoms with van der Waals surface area (Å²) in [6.45, 7) is 4.16. The zero-order valence-corrected chi connectivity index (χ0v) is 12.2. The number of nitrogens with one attached hydrogen (secondary N) is 2. The minimum atomic E-state index is 0.908. The Bertz CT molecular complexity index is 445. The molecule has 2 N–H and O–H groups in total. The van der Waals surface area contributed by atoms with E-state index in [2.05, 4.69) is 15.5 Å². The van der Waals surface area contributed by atoms with Crippen molar-refractivity contribution in [2.45, 2.75) is 12.8 Å². The molecule has 0 saturated carbocycles. The predicted octanol–water partition coefficient (Wildman–Crippen LogP) is 0.760. The highest BCUT2D eigenvalue weighted by Gasteiger charge is 2.20. The average Bonchev–Trinajstić information content (AvgIpc) is 2.72. The van der Waals surface area contributed by atoms with Crippen LogP contribution >= 0.6 is 11.8 Å². The normalized spacial score (nSPS) is 19.7. The largest absolute Gasteiger partial charge is 0.373 e. The Hall–Kier alpha value is -1.01. The third kappa shape index (κ3) is 2.79. The zero-order chi connectivity index (χ0) is 13.1. The molecule has 1 aromatic rings. The number of hydrogen-bond acceptors (Lipinski definition) is 6. The molecule has 0 bridgehead atoms. The number of rotatable bonds is 2. The first-order chi connectivity index (χ1) is 9.38. The fraction of sp³-hybridized carbons (Fsp3) is 0.692. The molecule has 0 spiro atoms. The third-order valence-electron chi connectivity index (χ3n) is 3.70. The second kappa shape index (κ2) is 5.96. The lowest BCUT2D eigenvalue weighted by molar-refractivity contribution is 0.708. The van der Waals surface area contributed by atoms with E-state index in [1.807, 2.05) is 18.8 Å². The van der Waals surface area contributed by atoms with E-state index >= 15 is 0 Å². The summed E-state index contributed by atoms with van der Waals surface area (Å²) >= 11 is 2.01. The van der Waals surface area contributed by atoms with Gasteiger partial charge in [-0.1, -0.05) is 0 Å². The number of anilines is 2. The summed E-state index contributed by atoms with van der Waals surface area (Å²) in [7, 11) is 1.96. The highest BCUT2D eigenvalue weighted by Crippen LogP contribution is 2.24. The second-order valence-electron chi connectivity index (χ2n) is 4.90. The molecule has 2 aliphatic heterocycles. The molecule has 0 unspecified atom stereocenters. The Morgan fingerprint density at radius 3 is 2.74 bits per heavy atom. The third-order valence-corrected chi connectivity index (χ3v) is 4.64. The molecule has 0 aliphatic carbocycles. The molecule has 1 saturated heterocycles. The molecule has 3 rings (SSSR count). The zero-order valence-electron chi connectivity index (χ0n) is 11.4. The topological polar surface area (TPSA) is 53.1 Å². The Balaban J connectivity index is 1.94. The van der Waals surface area contributed by atoms with Crippen LogP contribution in [0.1, 0.15) is 11.3 Å². The van der Waals surface area contributed by atoms with Gasteiger partial charge < -0.3 is 15.5 Å². The molecule has 0 aromatic carbocycles. The van der Waals surface area contributed by atoms with Crippen LogP contribution in [0, 0.1) is 0 Å². The highest BCUT2D eigenvalue weighted by atomic mass is 32.2. The summed E-state index contributed by atoms with van der Waals surface area (Å²) in [5, 5.41) is 6.68. The van der Waals surface area contributed by atoms with Crippen LogP contribution in [0.15, 0.2) is 0 Å². The van der Waals surface area contributed by atoms with Crippen LogP contribution in [-0.2, 0) is 12.8 Å². The lowest BCUT2D eigenvalue weighted by Crippen LogP contribution is -2.34. The first kappa shape index (κ1) is 13.0. The van der Waals surface area contributed by atoms with E-state index in [9.17, 15) is 0 Å². The van der Waals surface area contributed by atoms with Gasteiger partial charge in [0.15, 0.2) is 0 Å². The molecule has 5 nitrogen and oxygen atoms in total. The van der Waals surface area contributed by atoms with Crippen LogP contribution in [0.4, 0.5) is 11.8 Å². The van der Waals surface area contributed by atoms with Crippen LogP contribution < -0.4 is 15.5 Å². The molecule has 0 amide bonds. The molecule has 1 aromatic heterocycles. The van der Waals surface area contributed by atoms with Crippen molar-refractivity contribution in [3.63, 3.8) is 0 Å². The van der Waals surface area contributed by atoms with Crippen LogP contribution in [0.25, 0.3) is 0 Å². The van der Waals surface area contributed by atoms with Gasteiger partial charge in [-0.3, -0.25) is 0 Å². The van der Waals surface area contributed by atoms with E-state index in [1.165, 1.54) is 22.8 Å². The number of fused-ring (bicyclic) bond motifs is 1. The van der Waals surface area contributed by atoms with Gasteiger partial charge in [-0.25, -0.2) is 4.98 Å². The first-order valence-corrected chi connectivity index (χ1v) is 8.15. The molecule has 19 heavy (non-hydrogen) atoms. The van der Waals surface area contributed by atoms with Crippen LogP contribution in [0.3, 0.4) is 0 Å². The maximum absolute atomic E-state index is 4.83. The number of nitrogens with zero attached hydrogens (tertiary/aromatic N) is 3. The summed E-state index contributed by atoms with van der Waals surface area (Å²) in [5.74, 6) is 4.28. The van der Waals surface area contributed by atoms with Crippen LogP contribution in [-0.4, -0.2) is 54.7 Å². The van der Waals surface area contributed by atoms with Crippen LogP contribution in [0.2, 0.25) is 0 Å². The van der Waals surface area contributed by atoms with Gasteiger partial charge in [-0.2, -0.15) is 16.7 Å². The van der Waals surface area contributed by atoms with Crippen molar-refractivity contribution >= 4 is 23.5 Å². The number of thioether (sulfide) groups is 1. The van der Waals surface area contributed by atoms with Gasteiger partial charge in [0, 0.05) is 50.2 Å².